The summed E-state index contributed by atoms with van der Waals surface area (Å²) in [7, 11) is 0. The van der Waals surface area contributed by atoms with Gasteiger partial charge in [0.15, 0.2) is 0 Å². The van der Waals surface area contributed by atoms with Gasteiger partial charge in [-0.25, -0.2) is 4.98 Å². The third-order valence-corrected chi connectivity index (χ3v) is 2.85. The zero-order valence-corrected chi connectivity index (χ0v) is 10.3. The van der Waals surface area contributed by atoms with E-state index in [4.69, 9.17) is 0 Å². The maximum Gasteiger partial charge on any atom is 0.322 e. The van der Waals surface area contributed by atoms with E-state index in [9.17, 15) is 9.90 Å². The molecular weight excluding hydrogens is 230 g/mol. The molecule has 0 aliphatic carbocycles. The molecule has 0 fully saturated rings. The molecule has 0 unspecified atom stereocenters. The van der Waals surface area contributed by atoms with Crippen LogP contribution in [0.25, 0.3) is 11.0 Å². The van der Waals surface area contributed by atoms with E-state index in [1.807, 2.05) is 35.8 Å². The summed E-state index contributed by atoms with van der Waals surface area (Å²) in [4.78, 5) is 15.4. The lowest BCUT2D eigenvalue weighted by Crippen LogP contribution is -2.40. The molecule has 2 rings (SSSR count). The highest BCUT2D eigenvalue weighted by Crippen LogP contribution is 2.12. The molecule has 96 valence electrons. The lowest BCUT2D eigenvalue weighted by Gasteiger charge is -2.14. The molecule has 0 amide bonds. The van der Waals surface area contributed by atoms with Gasteiger partial charge in [0.25, 0.3) is 0 Å². The smallest absolute Gasteiger partial charge is 0.322 e. The highest BCUT2D eigenvalue weighted by molar-refractivity contribution is 5.76. The largest absolute Gasteiger partial charge is 0.480 e. The summed E-state index contributed by atoms with van der Waals surface area (Å²) < 4.78 is 1.87. The second-order valence-electron chi connectivity index (χ2n) is 4.23. The van der Waals surface area contributed by atoms with E-state index in [0.29, 0.717) is 13.1 Å². The SMILES string of the molecule is CCCN[C@H](Cn1cnc2ccccc21)C(=O)O. The van der Waals surface area contributed by atoms with Crippen LogP contribution >= 0.6 is 0 Å². The van der Waals surface area contributed by atoms with Gasteiger partial charge in [0.05, 0.1) is 23.9 Å². The molecule has 5 heteroatoms. The molecule has 0 bridgehead atoms. The van der Waals surface area contributed by atoms with E-state index in [1.165, 1.54) is 0 Å². The Morgan fingerprint density at radius 1 is 1.50 bits per heavy atom. The number of carboxylic acids is 1. The molecule has 0 saturated carbocycles. The monoisotopic (exact) mass is 247 g/mol. The third-order valence-electron chi connectivity index (χ3n) is 2.85. The predicted molar refractivity (Wildman–Crippen MR) is 69.5 cm³/mol. The van der Waals surface area contributed by atoms with Gasteiger partial charge in [-0.3, -0.25) is 4.79 Å². The van der Waals surface area contributed by atoms with Gasteiger partial charge in [0, 0.05) is 0 Å². The average Bonchev–Trinajstić information content (AvgIpc) is 2.77. The zero-order valence-electron chi connectivity index (χ0n) is 10.3. The van der Waals surface area contributed by atoms with Crippen molar-refractivity contribution in [3.05, 3.63) is 30.6 Å². The van der Waals surface area contributed by atoms with E-state index in [-0.39, 0.29) is 0 Å². The van der Waals surface area contributed by atoms with E-state index < -0.39 is 12.0 Å². The number of imidazole rings is 1. The number of carbonyl (C=O) groups is 1. The lowest BCUT2D eigenvalue weighted by atomic mass is 10.2. The number of aliphatic carboxylic acids is 1. The van der Waals surface area contributed by atoms with Gasteiger partial charge in [0.2, 0.25) is 0 Å². The summed E-state index contributed by atoms with van der Waals surface area (Å²) in [6.45, 7) is 3.10. The topological polar surface area (TPSA) is 67.2 Å². The number of benzene rings is 1. The molecule has 0 radical (unpaired) electrons. The first-order chi connectivity index (χ1) is 8.72. The number of aromatic nitrogens is 2. The van der Waals surface area contributed by atoms with Crippen LogP contribution in [0.1, 0.15) is 13.3 Å². The summed E-state index contributed by atoms with van der Waals surface area (Å²) in [6.07, 6.45) is 2.60. The van der Waals surface area contributed by atoms with Gasteiger partial charge in [0.1, 0.15) is 6.04 Å². The number of nitrogens with one attached hydrogen (secondary N) is 1. The predicted octanol–water partition coefficient (Wildman–Crippen LogP) is 1.49. The Hall–Kier alpha value is -1.88. The first-order valence-electron chi connectivity index (χ1n) is 6.08. The number of fused-ring (bicyclic) bond motifs is 1. The fourth-order valence-corrected chi connectivity index (χ4v) is 1.90. The average molecular weight is 247 g/mol. The van der Waals surface area contributed by atoms with Crippen molar-refractivity contribution in [3.8, 4) is 0 Å². The van der Waals surface area contributed by atoms with Crippen molar-refractivity contribution in [3.63, 3.8) is 0 Å². The Morgan fingerprint density at radius 2 is 2.28 bits per heavy atom. The second kappa shape index (κ2) is 5.64. The highest BCUT2D eigenvalue weighted by atomic mass is 16.4. The van der Waals surface area contributed by atoms with Crippen molar-refractivity contribution in [2.24, 2.45) is 0 Å². The summed E-state index contributed by atoms with van der Waals surface area (Å²) >= 11 is 0. The van der Waals surface area contributed by atoms with Gasteiger partial charge >= 0.3 is 5.97 Å². The molecule has 0 saturated heterocycles. The molecule has 0 aliphatic heterocycles. The van der Waals surface area contributed by atoms with E-state index in [1.54, 1.807) is 6.33 Å². The molecule has 1 heterocycles. The maximum absolute atomic E-state index is 11.2. The fourth-order valence-electron chi connectivity index (χ4n) is 1.90. The zero-order chi connectivity index (χ0) is 13.0. The summed E-state index contributed by atoms with van der Waals surface area (Å²) in [6, 6.07) is 7.13. The van der Waals surface area contributed by atoms with Crippen molar-refractivity contribution in [1.29, 1.82) is 0 Å². The van der Waals surface area contributed by atoms with Crippen molar-refractivity contribution in [2.45, 2.75) is 25.9 Å². The number of para-hydroxylation sites is 2. The van der Waals surface area contributed by atoms with E-state index in [2.05, 4.69) is 10.3 Å². The lowest BCUT2D eigenvalue weighted by molar-refractivity contribution is -0.139. The Kier molecular flexibility index (Phi) is 3.94. The van der Waals surface area contributed by atoms with Gasteiger partial charge in [-0.05, 0) is 25.1 Å². The van der Waals surface area contributed by atoms with Crippen molar-refractivity contribution >= 4 is 17.0 Å². The number of nitrogens with zero attached hydrogens (tertiary/aromatic N) is 2. The molecule has 1 aromatic heterocycles. The molecule has 1 atom stereocenters. The maximum atomic E-state index is 11.2. The molecule has 5 nitrogen and oxygen atoms in total. The molecular formula is C13H17N3O2. The van der Waals surface area contributed by atoms with Crippen LogP contribution in [0.5, 0.6) is 0 Å². The van der Waals surface area contributed by atoms with Gasteiger partial charge in [-0.15, -0.1) is 0 Å². The van der Waals surface area contributed by atoms with Crippen molar-refractivity contribution in [1.82, 2.24) is 14.9 Å². The highest BCUT2D eigenvalue weighted by Gasteiger charge is 2.17. The van der Waals surface area contributed by atoms with Crippen LogP contribution in [0.15, 0.2) is 30.6 Å². The van der Waals surface area contributed by atoms with Crippen molar-refractivity contribution < 1.29 is 9.90 Å². The first kappa shape index (κ1) is 12.6. The molecule has 2 N–H and O–H groups in total. The standard InChI is InChI=1S/C13H17N3O2/c1-2-7-14-11(13(17)18)8-16-9-15-10-5-3-4-6-12(10)16/h3-6,9,11,14H,2,7-8H2,1H3,(H,17,18)/t11-/m1/s1. The molecule has 2 aromatic rings. The summed E-state index contributed by atoms with van der Waals surface area (Å²) in [5, 5.41) is 12.2. The molecule has 0 aliphatic rings. The Morgan fingerprint density at radius 3 is 3.00 bits per heavy atom. The number of hydrogen-bond donors (Lipinski definition) is 2. The Bertz CT molecular complexity index is 536. The minimum absolute atomic E-state index is 0.385. The first-order valence-corrected chi connectivity index (χ1v) is 6.08. The summed E-state index contributed by atoms with van der Waals surface area (Å²) in [5.41, 5.74) is 1.85. The number of carboxylic acid groups (broad SMARTS) is 1. The minimum atomic E-state index is -0.832. The normalized spacial score (nSPS) is 12.7. The molecule has 18 heavy (non-hydrogen) atoms. The van der Waals surface area contributed by atoms with E-state index in [0.717, 1.165) is 17.5 Å². The van der Waals surface area contributed by atoms with E-state index >= 15 is 0 Å². The Labute approximate surface area is 105 Å². The van der Waals surface area contributed by atoms with Crippen LogP contribution in [0, 0.1) is 0 Å². The van der Waals surface area contributed by atoms with Crippen molar-refractivity contribution in [2.75, 3.05) is 6.54 Å². The Balaban J connectivity index is 2.18. The van der Waals surface area contributed by atoms with Crippen LogP contribution in [-0.4, -0.2) is 33.2 Å². The third kappa shape index (κ3) is 2.68. The van der Waals surface area contributed by atoms with Crippen LogP contribution in [0.2, 0.25) is 0 Å². The number of rotatable bonds is 6. The van der Waals surface area contributed by atoms with Crippen LogP contribution in [0.4, 0.5) is 0 Å². The van der Waals surface area contributed by atoms with Gasteiger partial charge in [-0.1, -0.05) is 19.1 Å². The van der Waals surface area contributed by atoms with Gasteiger partial charge < -0.3 is 15.0 Å². The van der Waals surface area contributed by atoms with Crippen LogP contribution < -0.4 is 5.32 Å². The quantitative estimate of drug-likeness (QED) is 0.811. The number of hydrogen-bond acceptors (Lipinski definition) is 3. The minimum Gasteiger partial charge on any atom is -0.480 e. The van der Waals surface area contributed by atoms with Crippen LogP contribution in [-0.2, 0) is 11.3 Å². The molecule has 1 aromatic carbocycles. The fraction of sp³-hybridized carbons (Fsp3) is 0.385. The van der Waals surface area contributed by atoms with Crippen LogP contribution in [0.3, 0.4) is 0 Å². The summed E-state index contributed by atoms with van der Waals surface area (Å²) in [5.74, 6) is -0.832. The molecule has 0 spiro atoms. The second-order valence-corrected chi connectivity index (χ2v) is 4.23. The van der Waals surface area contributed by atoms with Gasteiger partial charge in [-0.2, -0.15) is 0 Å².